The van der Waals surface area contributed by atoms with Gasteiger partial charge in [-0.3, -0.25) is 14.4 Å². The maximum atomic E-state index is 12.6. The van der Waals surface area contributed by atoms with Crippen molar-refractivity contribution in [3.05, 3.63) is 96.1 Å². The molecule has 0 aromatic heterocycles. The van der Waals surface area contributed by atoms with E-state index in [9.17, 15) is 14.4 Å². The lowest BCUT2D eigenvalue weighted by atomic mass is 10.0. The van der Waals surface area contributed by atoms with Gasteiger partial charge in [0.1, 0.15) is 6.04 Å². The van der Waals surface area contributed by atoms with Gasteiger partial charge in [-0.05, 0) is 28.8 Å². The summed E-state index contributed by atoms with van der Waals surface area (Å²) in [5.41, 5.74) is 8.39. The predicted molar refractivity (Wildman–Crippen MR) is 107 cm³/mol. The first-order valence-electron chi connectivity index (χ1n) is 8.88. The average Bonchev–Trinajstić information content (AvgIpc) is 2.74. The third-order valence-corrected chi connectivity index (χ3v) is 4.40. The summed E-state index contributed by atoms with van der Waals surface area (Å²) in [6.45, 7) is 0. The maximum Gasteiger partial charge on any atom is 0.287 e. The Bertz CT molecular complexity index is 968. The first kappa shape index (κ1) is 19.0. The standard InChI is InChI=1S/C23H20N2O3/c24-22(27)21(26)20(15-16-7-3-1-4-8-16)25-23(28)19-13-11-18(12-14-19)17-9-5-2-6-10-17/h1-14,20H,15H2,(H2,24,27)(H,25,28). The molecule has 0 bridgehead atoms. The van der Waals surface area contributed by atoms with Gasteiger partial charge in [-0.2, -0.15) is 0 Å². The van der Waals surface area contributed by atoms with Crippen LogP contribution in [0.25, 0.3) is 11.1 Å². The van der Waals surface area contributed by atoms with Crippen LogP contribution in [0.15, 0.2) is 84.9 Å². The number of amides is 2. The van der Waals surface area contributed by atoms with Gasteiger partial charge in [-0.25, -0.2) is 0 Å². The van der Waals surface area contributed by atoms with Crippen LogP contribution in [0.1, 0.15) is 15.9 Å². The molecule has 0 saturated carbocycles. The minimum atomic E-state index is -1.07. The first-order valence-corrected chi connectivity index (χ1v) is 8.88. The van der Waals surface area contributed by atoms with Crippen molar-refractivity contribution in [1.29, 1.82) is 0 Å². The van der Waals surface area contributed by atoms with E-state index in [2.05, 4.69) is 5.32 Å². The van der Waals surface area contributed by atoms with E-state index in [4.69, 9.17) is 5.73 Å². The highest BCUT2D eigenvalue weighted by atomic mass is 16.2. The highest BCUT2D eigenvalue weighted by molar-refractivity contribution is 6.38. The van der Waals surface area contributed by atoms with Crippen molar-refractivity contribution in [3.8, 4) is 11.1 Å². The second-order valence-corrected chi connectivity index (χ2v) is 6.39. The lowest BCUT2D eigenvalue weighted by Crippen LogP contribution is -2.47. The predicted octanol–water partition coefficient (Wildman–Crippen LogP) is 2.75. The number of Topliss-reactive ketones (excluding diaryl/α,β-unsaturated/α-hetero) is 1. The molecule has 3 aromatic carbocycles. The van der Waals surface area contributed by atoms with Gasteiger partial charge in [0.05, 0.1) is 0 Å². The van der Waals surface area contributed by atoms with E-state index < -0.39 is 23.6 Å². The van der Waals surface area contributed by atoms with Crippen LogP contribution in [0, 0.1) is 0 Å². The summed E-state index contributed by atoms with van der Waals surface area (Å²) in [4.78, 5) is 36.1. The van der Waals surface area contributed by atoms with Gasteiger partial charge in [0.15, 0.2) is 0 Å². The van der Waals surface area contributed by atoms with Crippen LogP contribution in [-0.4, -0.2) is 23.6 Å². The summed E-state index contributed by atoms with van der Waals surface area (Å²) in [6.07, 6.45) is 0.191. The molecule has 0 aliphatic rings. The van der Waals surface area contributed by atoms with Crippen molar-refractivity contribution in [2.75, 3.05) is 0 Å². The highest BCUT2D eigenvalue weighted by Gasteiger charge is 2.25. The molecule has 0 aliphatic carbocycles. The average molecular weight is 372 g/mol. The summed E-state index contributed by atoms with van der Waals surface area (Å²) in [5, 5.41) is 2.63. The Labute approximate surface area is 163 Å². The third kappa shape index (κ3) is 4.71. The molecule has 5 heteroatoms. The molecular formula is C23H20N2O3. The van der Waals surface area contributed by atoms with Gasteiger partial charge in [0.25, 0.3) is 11.8 Å². The Morgan fingerprint density at radius 2 is 1.29 bits per heavy atom. The molecule has 3 rings (SSSR count). The molecule has 2 amide bonds. The number of nitrogens with two attached hydrogens (primary N) is 1. The van der Waals surface area contributed by atoms with E-state index in [0.717, 1.165) is 16.7 Å². The van der Waals surface area contributed by atoms with Crippen LogP contribution in [0.5, 0.6) is 0 Å². The van der Waals surface area contributed by atoms with Crippen molar-refractivity contribution in [2.45, 2.75) is 12.5 Å². The molecule has 140 valence electrons. The molecule has 0 radical (unpaired) electrons. The normalized spacial score (nSPS) is 11.4. The maximum absolute atomic E-state index is 12.6. The molecule has 5 nitrogen and oxygen atoms in total. The van der Waals surface area contributed by atoms with Gasteiger partial charge < -0.3 is 11.1 Å². The quantitative estimate of drug-likeness (QED) is 0.625. The van der Waals surface area contributed by atoms with Gasteiger partial charge in [0.2, 0.25) is 5.78 Å². The molecule has 28 heavy (non-hydrogen) atoms. The summed E-state index contributed by atoms with van der Waals surface area (Å²) in [7, 11) is 0. The number of hydrogen-bond acceptors (Lipinski definition) is 3. The van der Waals surface area contributed by atoms with Crippen molar-refractivity contribution in [2.24, 2.45) is 5.73 Å². The smallest absolute Gasteiger partial charge is 0.287 e. The molecule has 3 aromatic rings. The van der Waals surface area contributed by atoms with E-state index in [0.29, 0.717) is 5.56 Å². The van der Waals surface area contributed by atoms with Crippen LogP contribution in [0.3, 0.4) is 0 Å². The van der Waals surface area contributed by atoms with Gasteiger partial charge in [0, 0.05) is 12.0 Å². The Morgan fingerprint density at radius 3 is 1.86 bits per heavy atom. The first-order chi connectivity index (χ1) is 13.5. The fourth-order valence-electron chi connectivity index (χ4n) is 2.92. The second-order valence-electron chi connectivity index (χ2n) is 6.39. The number of carbonyl (C=O) groups is 3. The molecule has 0 saturated heterocycles. The SMILES string of the molecule is NC(=O)C(=O)C(Cc1ccccc1)NC(=O)c1ccc(-c2ccccc2)cc1. The third-order valence-electron chi connectivity index (χ3n) is 4.40. The molecule has 0 fully saturated rings. The zero-order valence-corrected chi connectivity index (χ0v) is 15.2. The lowest BCUT2D eigenvalue weighted by molar-refractivity contribution is -0.137. The van der Waals surface area contributed by atoms with Crippen LogP contribution in [0.2, 0.25) is 0 Å². The molecule has 0 spiro atoms. The molecule has 0 aliphatic heterocycles. The number of nitrogens with one attached hydrogen (secondary N) is 1. The number of rotatable bonds is 7. The molecule has 0 heterocycles. The Morgan fingerprint density at radius 1 is 0.750 bits per heavy atom. The Kier molecular flexibility index (Phi) is 5.97. The van der Waals surface area contributed by atoms with E-state index in [1.54, 1.807) is 12.1 Å². The van der Waals surface area contributed by atoms with Gasteiger partial charge in [-0.15, -0.1) is 0 Å². The Hall–Kier alpha value is -3.73. The number of benzene rings is 3. The minimum Gasteiger partial charge on any atom is -0.363 e. The summed E-state index contributed by atoms with van der Waals surface area (Å²) in [5.74, 6) is -2.33. The number of primary amides is 1. The highest BCUT2D eigenvalue weighted by Crippen LogP contribution is 2.19. The number of ketones is 1. The topological polar surface area (TPSA) is 89.3 Å². The zero-order chi connectivity index (χ0) is 19.9. The van der Waals surface area contributed by atoms with Gasteiger partial charge >= 0.3 is 0 Å². The largest absolute Gasteiger partial charge is 0.363 e. The van der Waals surface area contributed by atoms with Crippen molar-refractivity contribution in [1.82, 2.24) is 5.32 Å². The van der Waals surface area contributed by atoms with Crippen molar-refractivity contribution < 1.29 is 14.4 Å². The van der Waals surface area contributed by atoms with Crippen LogP contribution in [-0.2, 0) is 16.0 Å². The van der Waals surface area contributed by atoms with Gasteiger partial charge in [-0.1, -0.05) is 72.8 Å². The Balaban J connectivity index is 1.75. The van der Waals surface area contributed by atoms with Crippen molar-refractivity contribution >= 4 is 17.6 Å². The van der Waals surface area contributed by atoms with Crippen LogP contribution < -0.4 is 11.1 Å². The van der Waals surface area contributed by atoms with E-state index >= 15 is 0 Å². The molecule has 1 atom stereocenters. The second kappa shape index (κ2) is 8.77. The van der Waals surface area contributed by atoms with E-state index in [1.165, 1.54) is 0 Å². The minimum absolute atomic E-state index is 0.191. The molecule has 1 unspecified atom stereocenters. The number of carbonyl (C=O) groups excluding carboxylic acids is 3. The molecule has 3 N–H and O–H groups in total. The summed E-state index contributed by atoms with van der Waals surface area (Å²) in [6, 6.07) is 25.0. The van der Waals surface area contributed by atoms with E-state index in [1.807, 2.05) is 72.8 Å². The monoisotopic (exact) mass is 372 g/mol. The summed E-state index contributed by atoms with van der Waals surface area (Å²) >= 11 is 0. The van der Waals surface area contributed by atoms with E-state index in [-0.39, 0.29) is 6.42 Å². The fraction of sp³-hybridized carbons (Fsp3) is 0.0870. The lowest BCUT2D eigenvalue weighted by Gasteiger charge is -2.16. The van der Waals surface area contributed by atoms with Crippen LogP contribution >= 0.6 is 0 Å². The van der Waals surface area contributed by atoms with Crippen molar-refractivity contribution in [3.63, 3.8) is 0 Å². The van der Waals surface area contributed by atoms with Crippen LogP contribution in [0.4, 0.5) is 0 Å². The fourth-order valence-corrected chi connectivity index (χ4v) is 2.92. The number of hydrogen-bond donors (Lipinski definition) is 2. The summed E-state index contributed by atoms with van der Waals surface area (Å²) < 4.78 is 0. The molecular weight excluding hydrogens is 352 g/mol. The zero-order valence-electron chi connectivity index (χ0n) is 15.2.